The Morgan fingerprint density at radius 3 is 2.10 bits per heavy atom. The van der Waals surface area contributed by atoms with Crippen LogP contribution in [0.2, 0.25) is 0 Å². The van der Waals surface area contributed by atoms with E-state index in [0.717, 1.165) is 42.5 Å². The summed E-state index contributed by atoms with van der Waals surface area (Å²) in [6.45, 7) is 3.84. The molecule has 4 N–H and O–H groups in total. The summed E-state index contributed by atoms with van der Waals surface area (Å²) in [5.41, 5.74) is 8.47. The first kappa shape index (κ1) is 26.0. The molecular weight excluding hydrogens is 389 g/mol. The lowest BCUT2D eigenvalue weighted by molar-refractivity contribution is -0.120. The molecule has 7 heteroatoms. The van der Waals surface area contributed by atoms with E-state index < -0.39 is 0 Å². The minimum Gasteiger partial charge on any atom is -0.370 e. The van der Waals surface area contributed by atoms with Gasteiger partial charge in [0.25, 0.3) is 0 Å². The Morgan fingerprint density at radius 1 is 0.871 bits per heavy atom. The topological polar surface area (TPSA) is 101 Å². The molecule has 163 valence electrons. The average Bonchev–Trinajstić information content (AvgIpc) is 2.72. The fourth-order valence-electron chi connectivity index (χ4n) is 3.21. The average molecular weight is 420 g/mol. The molecule has 1 atom stereocenters. The van der Waals surface area contributed by atoms with Crippen LogP contribution >= 0.6 is 0 Å². The van der Waals surface area contributed by atoms with Crippen molar-refractivity contribution in [3.8, 4) is 0 Å². The van der Waals surface area contributed by atoms with Crippen molar-refractivity contribution < 1.29 is 14.4 Å². The van der Waals surface area contributed by atoms with Crippen molar-refractivity contribution in [3.63, 3.8) is 0 Å². The van der Waals surface area contributed by atoms with Gasteiger partial charge in [0.15, 0.2) is 0 Å². The van der Waals surface area contributed by atoms with Gasteiger partial charge in [-0.2, -0.15) is 0 Å². The summed E-state index contributed by atoms with van der Waals surface area (Å²) in [5, 5.41) is 5.64. The van der Waals surface area contributed by atoms with Gasteiger partial charge >= 0.3 is 6.03 Å². The standard InChI is InChI=1S/C24H31N3O3.B/c1-17-9-7-8-10-21(17)27-24(30)26-20-15-13-19(14-16-20)18(2)22(28)11-5-3-4-6-12-23(25)29;/h7-10,13-16,18H,3-6,11-12H2,1-2H3,(H2,25,29)(H2,26,27,30);. The number of carbonyl (C=O) groups is 3. The van der Waals surface area contributed by atoms with E-state index in [9.17, 15) is 14.4 Å². The molecule has 0 aliphatic carbocycles. The van der Waals surface area contributed by atoms with E-state index in [1.807, 2.05) is 50.2 Å². The van der Waals surface area contributed by atoms with Gasteiger partial charge in [0.2, 0.25) is 5.91 Å². The number of amides is 3. The summed E-state index contributed by atoms with van der Waals surface area (Å²) >= 11 is 0. The number of anilines is 2. The third-order valence-electron chi connectivity index (χ3n) is 5.14. The van der Waals surface area contributed by atoms with E-state index in [2.05, 4.69) is 10.6 Å². The van der Waals surface area contributed by atoms with Gasteiger partial charge in [-0.25, -0.2) is 4.79 Å². The number of nitrogens with one attached hydrogen (secondary N) is 2. The lowest BCUT2D eigenvalue weighted by atomic mass is 9.93. The number of unbranched alkanes of at least 4 members (excludes halogenated alkanes) is 3. The number of benzene rings is 2. The number of urea groups is 1. The van der Waals surface area contributed by atoms with Crippen LogP contribution in [0.15, 0.2) is 48.5 Å². The maximum atomic E-state index is 12.4. The lowest BCUT2D eigenvalue weighted by Gasteiger charge is -2.13. The second-order valence-corrected chi connectivity index (χ2v) is 7.58. The normalized spacial score (nSPS) is 11.2. The predicted molar refractivity (Wildman–Crippen MR) is 126 cm³/mol. The molecule has 2 aromatic carbocycles. The molecular formula is C24H31BN3O3. The van der Waals surface area contributed by atoms with Crippen molar-refractivity contribution >= 4 is 37.5 Å². The molecule has 2 aromatic rings. The number of hydrogen-bond donors (Lipinski definition) is 3. The number of aryl methyl sites for hydroxylation is 1. The number of primary amides is 1. The number of ketones is 1. The summed E-state index contributed by atoms with van der Waals surface area (Å²) in [4.78, 5) is 35.3. The highest BCUT2D eigenvalue weighted by atomic mass is 16.2. The number of Topliss-reactive ketones (excluding diaryl/α,β-unsaturated/α-hetero) is 1. The molecule has 1 unspecified atom stereocenters. The van der Waals surface area contributed by atoms with E-state index >= 15 is 0 Å². The highest BCUT2D eigenvalue weighted by molar-refractivity contribution is 6.00. The van der Waals surface area contributed by atoms with Crippen molar-refractivity contribution in [2.75, 3.05) is 10.6 Å². The van der Waals surface area contributed by atoms with E-state index in [1.165, 1.54) is 0 Å². The van der Waals surface area contributed by atoms with Gasteiger partial charge in [-0.1, -0.05) is 50.1 Å². The summed E-state index contributed by atoms with van der Waals surface area (Å²) in [7, 11) is 0. The Kier molecular flexibility index (Phi) is 11.1. The minimum atomic E-state index is -0.308. The van der Waals surface area contributed by atoms with Crippen molar-refractivity contribution in [2.45, 2.75) is 58.3 Å². The molecule has 0 saturated carbocycles. The monoisotopic (exact) mass is 420 g/mol. The second-order valence-electron chi connectivity index (χ2n) is 7.58. The molecule has 0 aliphatic heterocycles. The number of nitrogens with two attached hydrogens (primary N) is 1. The maximum absolute atomic E-state index is 12.4. The molecule has 3 amide bonds. The van der Waals surface area contributed by atoms with Gasteiger partial charge in [-0.15, -0.1) is 0 Å². The molecule has 0 aromatic heterocycles. The van der Waals surface area contributed by atoms with Gasteiger partial charge in [-0.3, -0.25) is 9.59 Å². The number of carbonyl (C=O) groups excluding carboxylic acids is 3. The highest BCUT2D eigenvalue weighted by Gasteiger charge is 2.15. The van der Waals surface area contributed by atoms with Crippen molar-refractivity contribution in [1.82, 2.24) is 0 Å². The van der Waals surface area contributed by atoms with Crippen LogP contribution in [0.3, 0.4) is 0 Å². The Bertz CT molecular complexity index is 869. The fraction of sp³-hybridized carbons (Fsp3) is 0.375. The van der Waals surface area contributed by atoms with E-state index in [1.54, 1.807) is 12.1 Å². The fourth-order valence-corrected chi connectivity index (χ4v) is 3.21. The van der Waals surface area contributed by atoms with Gasteiger partial charge < -0.3 is 16.4 Å². The molecule has 0 bridgehead atoms. The van der Waals surface area contributed by atoms with E-state index in [4.69, 9.17) is 5.73 Å². The summed E-state index contributed by atoms with van der Waals surface area (Å²) in [6, 6.07) is 14.6. The Labute approximate surface area is 186 Å². The van der Waals surface area contributed by atoms with Crippen LogP contribution in [-0.4, -0.2) is 26.1 Å². The second kappa shape index (κ2) is 13.3. The zero-order chi connectivity index (χ0) is 21.9. The van der Waals surface area contributed by atoms with Crippen LogP contribution in [0.1, 0.15) is 62.5 Å². The lowest BCUT2D eigenvalue weighted by Crippen LogP contribution is -2.20. The van der Waals surface area contributed by atoms with Crippen molar-refractivity contribution in [1.29, 1.82) is 0 Å². The first-order valence-electron chi connectivity index (χ1n) is 10.4. The quantitative estimate of drug-likeness (QED) is 0.361. The van der Waals surface area contributed by atoms with E-state index in [-0.39, 0.29) is 32.1 Å². The van der Waals surface area contributed by atoms with Crippen LogP contribution in [0.4, 0.5) is 16.2 Å². The Hall–Kier alpha value is -3.09. The summed E-state index contributed by atoms with van der Waals surface area (Å²) in [6.07, 6.45) is 4.37. The molecule has 6 nitrogen and oxygen atoms in total. The zero-order valence-electron chi connectivity index (χ0n) is 18.3. The van der Waals surface area contributed by atoms with Crippen LogP contribution in [0, 0.1) is 6.92 Å². The van der Waals surface area contributed by atoms with Crippen LogP contribution in [-0.2, 0) is 9.59 Å². The maximum Gasteiger partial charge on any atom is 0.323 e. The van der Waals surface area contributed by atoms with Gasteiger partial charge in [0.1, 0.15) is 5.78 Å². The molecule has 0 heterocycles. The third kappa shape index (κ3) is 9.07. The predicted octanol–water partition coefficient (Wildman–Crippen LogP) is 4.76. The van der Waals surface area contributed by atoms with Crippen LogP contribution < -0.4 is 16.4 Å². The molecule has 0 fully saturated rings. The Morgan fingerprint density at radius 2 is 1.48 bits per heavy atom. The molecule has 0 aliphatic rings. The first-order valence-corrected chi connectivity index (χ1v) is 10.4. The Balaban J connectivity index is 0.00000480. The third-order valence-corrected chi connectivity index (χ3v) is 5.14. The number of para-hydroxylation sites is 1. The van der Waals surface area contributed by atoms with Gasteiger partial charge in [0.05, 0.1) is 0 Å². The molecule has 0 saturated heterocycles. The molecule has 3 radical (unpaired) electrons. The van der Waals surface area contributed by atoms with Crippen molar-refractivity contribution in [2.24, 2.45) is 5.73 Å². The number of hydrogen-bond acceptors (Lipinski definition) is 3. The smallest absolute Gasteiger partial charge is 0.323 e. The molecule has 31 heavy (non-hydrogen) atoms. The van der Waals surface area contributed by atoms with Gasteiger partial charge in [-0.05, 0) is 49.1 Å². The summed E-state index contributed by atoms with van der Waals surface area (Å²) < 4.78 is 0. The first-order chi connectivity index (χ1) is 14.4. The SMILES string of the molecule is Cc1ccccc1NC(=O)Nc1ccc(C(C)C(=O)CCCCCCC(N)=O)cc1.[B]. The largest absolute Gasteiger partial charge is 0.370 e. The molecule has 2 rings (SSSR count). The molecule has 0 spiro atoms. The van der Waals surface area contributed by atoms with Crippen LogP contribution in [0.25, 0.3) is 0 Å². The summed E-state index contributed by atoms with van der Waals surface area (Å²) in [5.74, 6) is -0.265. The van der Waals surface area contributed by atoms with Gasteiger partial charge in [0, 0.05) is 38.5 Å². The number of rotatable bonds is 11. The minimum absolute atomic E-state index is 0. The van der Waals surface area contributed by atoms with Crippen molar-refractivity contribution in [3.05, 3.63) is 59.7 Å². The van der Waals surface area contributed by atoms with Crippen LogP contribution in [0.5, 0.6) is 0 Å². The van der Waals surface area contributed by atoms with E-state index in [0.29, 0.717) is 18.5 Å². The highest BCUT2D eigenvalue weighted by Crippen LogP contribution is 2.22. The zero-order valence-corrected chi connectivity index (χ0v) is 18.3.